The number of nitrogens with two attached hydrogens (primary N) is 1. The van der Waals surface area contributed by atoms with E-state index in [1.807, 2.05) is 25.7 Å². The van der Waals surface area contributed by atoms with Gasteiger partial charge in [0, 0.05) is 25.9 Å². The van der Waals surface area contributed by atoms with Crippen LogP contribution in [0.1, 0.15) is 22.6 Å². The SMILES string of the molecule is Cc1nn(C)c(C(=O)N(C)C2CCSC2)c1N. The summed E-state index contributed by atoms with van der Waals surface area (Å²) >= 11 is 1.89. The first-order valence-corrected chi connectivity index (χ1v) is 6.81. The van der Waals surface area contributed by atoms with Crippen molar-refractivity contribution >= 4 is 23.4 Å². The number of aromatic nitrogens is 2. The van der Waals surface area contributed by atoms with E-state index in [4.69, 9.17) is 5.73 Å². The molecular formula is C11H18N4OS. The Labute approximate surface area is 105 Å². The molecule has 0 saturated carbocycles. The second kappa shape index (κ2) is 4.60. The van der Waals surface area contributed by atoms with Crippen LogP contribution in [0.25, 0.3) is 0 Å². The zero-order valence-corrected chi connectivity index (χ0v) is 11.3. The molecule has 0 aliphatic carbocycles. The van der Waals surface area contributed by atoms with Gasteiger partial charge in [0.2, 0.25) is 0 Å². The van der Waals surface area contributed by atoms with E-state index in [2.05, 4.69) is 5.10 Å². The van der Waals surface area contributed by atoms with Crippen LogP contribution in [0.5, 0.6) is 0 Å². The number of thioether (sulfide) groups is 1. The van der Waals surface area contributed by atoms with Crippen molar-refractivity contribution in [2.24, 2.45) is 7.05 Å². The lowest BCUT2D eigenvalue weighted by atomic mass is 10.2. The van der Waals surface area contributed by atoms with Crippen LogP contribution in [0.15, 0.2) is 0 Å². The van der Waals surface area contributed by atoms with Gasteiger partial charge in [0.25, 0.3) is 5.91 Å². The first-order valence-electron chi connectivity index (χ1n) is 5.66. The highest BCUT2D eigenvalue weighted by molar-refractivity contribution is 7.99. The molecule has 0 aromatic carbocycles. The van der Waals surface area contributed by atoms with E-state index in [1.165, 1.54) is 0 Å². The summed E-state index contributed by atoms with van der Waals surface area (Å²) in [4.78, 5) is 14.2. The van der Waals surface area contributed by atoms with E-state index < -0.39 is 0 Å². The molecule has 0 spiro atoms. The number of hydrogen-bond acceptors (Lipinski definition) is 4. The molecule has 1 aliphatic heterocycles. The van der Waals surface area contributed by atoms with Gasteiger partial charge in [-0.3, -0.25) is 9.48 Å². The summed E-state index contributed by atoms with van der Waals surface area (Å²) in [6.07, 6.45) is 1.06. The number of nitrogens with zero attached hydrogens (tertiary/aromatic N) is 3. The largest absolute Gasteiger partial charge is 0.395 e. The maximum Gasteiger partial charge on any atom is 0.274 e. The Morgan fingerprint density at radius 3 is 2.82 bits per heavy atom. The van der Waals surface area contributed by atoms with Gasteiger partial charge in [0.1, 0.15) is 5.69 Å². The Morgan fingerprint density at radius 1 is 1.65 bits per heavy atom. The van der Waals surface area contributed by atoms with Crippen LogP contribution in [0.3, 0.4) is 0 Å². The summed E-state index contributed by atoms with van der Waals surface area (Å²) in [5.41, 5.74) is 7.61. The van der Waals surface area contributed by atoms with Crippen LogP contribution < -0.4 is 5.73 Å². The lowest BCUT2D eigenvalue weighted by Crippen LogP contribution is -2.38. The molecule has 2 heterocycles. The molecule has 1 unspecified atom stereocenters. The summed E-state index contributed by atoms with van der Waals surface area (Å²) in [5.74, 6) is 2.11. The van der Waals surface area contributed by atoms with Gasteiger partial charge in [0.15, 0.2) is 0 Å². The number of nitrogen functional groups attached to an aromatic ring is 1. The molecule has 2 N–H and O–H groups in total. The molecule has 1 saturated heterocycles. The second-order valence-electron chi connectivity index (χ2n) is 4.40. The zero-order valence-electron chi connectivity index (χ0n) is 10.4. The molecular weight excluding hydrogens is 236 g/mol. The van der Waals surface area contributed by atoms with Gasteiger partial charge in [0.05, 0.1) is 11.4 Å². The van der Waals surface area contributed by atoms with Gasteiger partial charge < -0.3 is 10.6 Å². The topological polar surface area (TPSA) is 64.2 Å². The Hall–Kier alpha value is -1.17. The minimum Gasteiger partial charge on any atom is -0.395 e. The van der Waals surface area contributed by atoms with E-state index in [-0.39, 0.29) is 5.91 Å². The van der Waals surface area contributed by atoms with E-state index in [0.717, 1.165) is 17.9 Å². The molecule has 5 nitrogen and oxygen atoms in total. The number of hydrogen-bond donors (Lipinski definition) is 1. The van der Waals surface area contributed by atoms with Crippen molar-refractivity contribution in [3.8, 4) is 0 Å². The number of carbonyl (C=O) groups excluding carboxylic acids is 1. The Morgan fingerprint density at radius 2 is 2.35 bits per heavy atom. The fourth-order valence-corrected chi connectivity index (χ4v) is 3.36. The predicted octanol–water partition coefficient (Wildman–Crippen LogP) is 0.888. The van der Waals surface area contributed by atoms with Gasteiger partial charge in [-0.15, -0.1) is 0 Å². The molecule has 1 aliphatic rings. The van der Waals surface area contributed by atoms with E-state index in [0.29, 0.717) is 23.1 Å². The van der Waals surface area contributed by atoms with E-state index in [1.54, 1.807) is 16.6 Å². The van der Waals surface area contributed by atoms with Crippen molar-refractivity contribution in [3.05, 3.63) is 11.4 Å². The van der Waals surface area contributed by atoms with Gasteiger partial charge in [-0.25, -0.2) is 0 Å². The molecule has 0 radical (unpaired) electrons. The molecule has 6 heteroatoms. The Bertz CT molecular complexity index is 437. The molecule has 0 bridgehead atoms. The molecule has 1 amide bonds. The van der Waals surface area contributed by atoms with Gasteiger partial charge in [-0.05, 0) is 19.1 Å². The number of rotatable bonds is 2. The summed E-state index contributed by atoms with van der Waals surface area (Å²) in [6, 6.07) is 0.321. The number of carbonyl (C=O) groups is 1. The molecule has 2 rings (SSSR count). The predicted molar refractivity (Wildman–Crippen MR) is 70.2 cm³/mol. The fraction of sp³-hybridized carbons (Fsp3) is 0.636. The van der Waals surface area contributed by atoms with Crippen LogP contribution in [-0.4, -0.2) is 45.2 Å². The molecule has 94 valence electrons. The van der Waals surface area contributed by atoms with Crippen LogP contribution >= 0.6 is 11.8 Å². The second-order valence-corrected chi connectivity index (χ2v) is 5.55. The summed E-state index contributed by atoms with van der Waals surface area (Å²) in [6.45, 7) is 1.82. The quantitative estimate of drug-likeness (QED) is 0.851. The van der Waals surface area contributed by atoms with Crippen molar-refractivity contribution in [3.63, 3.8) is 0 Å². The summed E-state index contributed by atoms with van der Waals surface area (Å²) < 4.78 is 1.57. The third-order valence-corrected chi connectivity index (χ3v) is 4.39. The monoisotopic (exact) mass is 254 g/mol. The normalized spacial score (nSPS) is 19.6. The van der Waals surface area contributed by atoms with Crippen molar-refractivity contribution < 1.29 is 4.79 Å². The van der Waals surface area contributed by atoms with Crippen LogP contribution in [0.2, 0.25) is 0 Å². The van der Waals surface area contributed by atoms with Crippen LogP contribution in [-0.2, 0) is 7.05 Å². The summed E-state index contributed by atoms with van der Waals surface area (Å²) in [5, 5.41) is 4.18. The maximum absolute atomic E-state index is 12.4. The lowest BCUT2D eigenvalue weighted by Gasteiger charge is -2.23. The zero-order chi connectivity index (χ0) is 12.6. The highest BCUT2D eigenvalue weighted by Gasteiger charge is 2.28. The van der Waals surface area contributed by atoms with E-state index in [9.17, 15) is 4.79 Å². The standard InChI is InChI=1S/C11H18N4OS/c1-7-9(12)10(15(3)13-7)11(16)14(2)8-4-5-17-6-8/h8H,4-6,12H2,1-3H3. The van der Waals surface area contributed by atoms with Gasteiger partial charge in [-0.1, -0.05) is 0 Å². The van der Waals surface area contributed by atoms with E-state index >= 15 is 0 Å². The minimum atomic E-state index is -0.0295. The Kier molecular flexibility index (Phi) is 3.33. The average molecular weight is 254 g/mol. The molecule has 1 aromatic heterocycles. The highest BCUT2D eigenvalue weighted by Crippen LogP contribution is 2.24. The van der Waals surface area contributed by atoms with Gasteiger partial charge in [-0.2, -0.15) is 16.9 Å². The third-order valence-electron chi connectivity index (χ3n) is 3.24. The molecule has 1 fully saturated rings. The van der Waals surface area contributed by atoms with Crippen molar-refractivity contribution in [2.75, 3.05) is 24.3 Å². The molecule has 1 atom stereocenters. The van der Waals surface area contributed by atoms with Crippen molar-refractivity contribution in [1.29, 1.82) is 0 Å². The fourth-order valence-electron chi connectivity index (χ4n) is 2.09. The van der Waals surface area contributed by atoms with Crippen LogP contribution in [0.4, 0.5) is 5.69 Å². The number of aryl methyl sites for hydroxylation is 2. The molecule has 1 aromatic rings. The molecule has 17 heavy (non-hydrogen) atoms. The van der Waals surface area contributed by atoms with Crippen molar-refractivity contribution in [1.82, 2.24) is 14.7 Å². The minimum absolute atomic E-state index is 0.0295. The number of amides is 1. The first-order chi connectivity index (χ1) is 8.02. The average Bonchev–Trinajstić information content (AvgIpc) is 2.87. The van der Waals surface area contributed by atoms with Crippen molar-refractivity contribution in [2.45, 2.75) is 19.4 Å². The smallest absolute Gasteiger partial charge is 0.274 e. The van der Waals surface area contributed by atoms with Gasteiger partial charge >= 0.3 is 0 Å². The first kappa shape index (κ1) is 12.3. The Balaban J connectivity index is 2.24. The highest BCUT2D eigenvalue weighted by atomic mass is 32.2. The maximum atomic E-state index is 12.4. The lowest BCUT2D eigenvalue weighted by molar-refractivity contribution is 0.0738. The summed E-state index contributed by atoms with van der Waals surface area (Å²) in [7, 11) is 3.61. The third kappa shape index (κ3) is 2.13. The van der Waals surface area contributed by atoms with Crippen LogP contribution in [0, 0.1) is 6.92 Å². The number of anilines is 1.